The molecule has 1 saturated heterocycles. The van der Waals surface area contributed by atoms with Crippen molar-refractivity contribution in [3.8, 4) is 0 Å². The van der Waals surface area contributed by atoms with Crippen LogP contribution in [0.2, 0.25) is 0 Å². The summed E-state index contributed by atoms with van der Waals surface area (Å²) in [6, 6.07) is 0. The van der Waals surface area contributed by atoms with Gasteiger partial charge < -0.3 is 14.6 Å². The largest absolute Gasteiger partial charge is 0.389 e. The Morgan fingerprint density at radius 1 is 1.48 bits per heavy atom. The van der Waals surface area contributed by atoms with E-state index in [1.54, 1.807) is 6.20 Å². The van der Waals surface area contributed by atoms with Crippen LogP contribution in [0, 0.1) is 18.8 Å². The molecule has 3 rings (SSSR count). The van der Waals surface area contributed by atoms with Crippen molar-refractivity contribution in [1.29, 1.82) is 0 Å². The number of aromatic nitrogens is 2. The van der Waals surface area contributed by atoms with E-state index in [2.05, 4.69) is 16.5 Å². The van der Waals surface area contributed by atoms with Crippen LogP contribution in [0.25, 0.3) is 0 Å². The molecule has 2 heterocycles. The summed E-state index contributed by atoms with van der Waals surface area (Å²) in [7, 11) is 0. The summed E-state index contributed by atoms with van der Waals surface area (Å²) in [5.74, 6) is 1.86. The highest BCUT2D eigenvalue weighted by molar-refractivity contribution is 5.76. The number of aryl methyl sites for hydroxylation is 2. The Bertz CT molecular complexity index is 552. The smallest absolute Gasteiger partial charge is 0.222 e. The van der Waals surface area contributed by atoms with Gasteiger partial charge in [0.15, 0.2) is 0 Å². The van der Waals surface area contributed by atoms with Crippen molar-refractivity contribution in [2.24, 2.45) is 11.8 Å². The molecule has 0 aromatic carbocycles. The number of imidazole rings is 1. The predicted molar refractivity (Wildman–Crippen MR) is 88.8 cm³/mol. The van der Waals surface area contributed by atoms with E-state index in [4.69, 9.17) is 0 Å². The lowest BCUT2D eigenvalue weighted by Gasteiger charge is -2.50. The average molecular weight is 319 g/mol. The highest BCUT2D eigenvalue weighted by atomic mass is 16.3. The molecule has 2 aliphatic rings. The summed E-state index contributed by atoms with van der Waals surface area (Å²) >= 11 is 0. The first-order valence-electron chi connectivity index (χ1n) is 8.98. The molecule has 1 aromatic heterocycles. The number of nitrogens with zero attached hydrogens (tertiary/aromatic N) is 3. The van der Waals surface area contributed by atoms with Crippen LogP contribution in [0.3, 0.4) is 0 Å². The highest BCUT2D eigenvalue weighted by Crippen LogP contribution is 2.44. The Morgan fingerprint density at radius 3 is 2.83 bits per heavy atom. The van der Waals surface area contributed by atoms with E-state index >= 15 is 0 Å². The predicted octanol–water partition coefficient (Wildman–Crippen LogP) is 2.37. The van der Waals surface area contributed by atoms with Gasteiger partial charge in [0.25, 0.3) is 0 Å². The average Bonchev–Trinajstić information content (AvgIpc) is 2.85. The molecule has 0 spiro atoms. The molecular formula is C18H29N3O2. The van der Waals surface area contributed by atoms with Crippen molar-refractivity contribution in [1.82, 2.24) is 14.5 Å². The van der Waals surface area contributed by atoms with Crippen molar-refractivity contribution in [2.45, 2.75) is 64.5 Å². The second kappa shape index (κ2) is 6.63. The first-order chi connectivity index (χ1) is 11.0. The lowest BCUT2D eigenvalue weighted by Crippen LogP contribution is -2.57. The van der Waals surface area contributed by atoms with E-state index in [9.17, 15) is 9.90 Å². The maximum absolute atomic E-state index is 12.4. The number of amides is 1. The van der Waals surface area contributed by atoms with Gasteiger partial charge in [0, 0.05) is 44.4 Å². The van der Waals surface area contributed by atoms with Crippen LogP contribution >= 0.6 is 0 Å². The van der Waals surface area contributed by atoms with Gasteiger partial charge in [0.2, 0.25) is 5.91 Å². The Labute approximate surface area is 138 Å². The monoisotopic (exact) mass is 319 g/mol. The molecule has 5 nitrogen and oxygen atoms in total. The molecule has 2 atom stereocenters. The van der Waals surface area contributed by atoms with E-state index in [-0.39, 0.29) is 11.8 Å². The molecule has 0 radical (unpaired) electrons. The zero-order chi connectivity index (χ0) is 16.4. The molecule has 0 bridgehead atoms. The Morgan fingerprint density at radius 2 is 2.26 bits per heavy atom. The zero-order valence-electron chi connectivity index (χ0n) is 14.4. The highest BCUT2D eigenvalue weighted by Gasteiger charge is 2.47. The quantitative estimate of drug-likeness (QED) is 0.906. The zero-order valence-corrected chi connectivity index (χ0v) is 14.4. The van der Waals surface area contributed by atoms with E-state index in [0.717, 1.165) is 38.1 Å². The summed E-state index contributed by atoms with van der Waals surface area (Å²) in [6.07, 6.45) is 9.46. The van der Waals surface area contributed by atoms with Gasteiger partial charge in [-0.25, -0.2) is 4.98 Å². The van der Waals surface area contributed by atoms with E-state index < -0.39 is 5.60 Å². The molecule has 5 heteroatoms. The Hall–Kier alpha value is -1.36. The Kier molecular flexibility index (Phi) is 4.76. The molecule has 23 heavy (non-hydrogen) atoms. The third-order valence-corrected chi connectivity index (χ3v) is 6.01. The van der Waals surface area contributed by atoms with Crippen molar-refractivity contribution >= 4 is 5.91 Å². The van der Waals surface area contributed by atoms with Gasteiger partial charge in [-0.3, -0.25) is 4.79 Å². The van der Waals surface area contributed by atoms with Crippen LogP contribution in [0.5, 0.6) is 0 Å². The number of likely N-dealkylation sites (tertiary alicyclic amines) is 1. The van der Waals surface area contributed by atoms with Crippen molar-refractivity contribution in [2.75, 3.05) is 13.1 Å². The molecule has 1 N–H and O–H groups in total. The molecule has 1 aliphatic heterocycles. The first-order valence-corrected chi connectivity index (χ1v) is 8.98. The fourth-order valence-corrected chi connectivity index (χ4v) is 4.08. The van der Waals surface area contributed by atoms with Crippen molar-refractivity contribution in [3.05, 3.63) is 18.2 Å². The topological polar surface area (TPSA) is 58.4 Å². The molecule has 0 unspecified atom stereocenters. The van der Waals surface area contributed by atoms with Gasteiger partial charge in [-0.05, 0) is 38.5 Å². The van der Waals surface area contributed by atoms with Crippen molar-refractivity contribution in [3.63, 3.8) is 0 Å². The maximum atomic E-state index is 12.4. The van der Waals surface area contributed by atoms with Crippen LogP contribution in [-0.4, -0.2) is 44.2 Å². The lowest BCUT2D eigenvalue weighted by molar-refractivity contribution is -0.150. The van der Waals surface area contributed by atoms with Gasteiger partial charge in [-0.1, -0.05) is 13.3 Å². The van der Waals surface area contributed by atoms with E-state index in [1.165, 1.54) is 6.42 Å². The van der Waals surface area contributed by atoms with E-state index in [0.29, 0.717) is 25.4 Å². The second-order valence-electron chi connectivity index (χ2n) is 7.38. The lowest BCUT2D eigenvalue weighted by atomic mass is 9.65. The summed E-state index contributed by atoms with van der Waals surface area (Å²) in [4.78, 5) is 18.6. The number of rotatable bonds is 5. The minimum absolute atomic E-state index is 0.182. The fraction of sp³-hybridized carbons (Fsp3) is 0.778. The number of carbonyl (C=O) groups is 1. The van der Waals surface area contributed by atoms with Gasteiger partial charge in [-0.15, -0.1) is 0 Å². The molecule has 1 saturated carbocycles. The van der Waals surface area contributed by atoms with Gasteiger partial charge in [0.1, 0.15) is 5.82 Å². The fourth-order valence-electron chi connectivity index (χ4n) is 4.08. The number of carbonyl (C=O) groups excluding carboxylic acids is 1. The van der Waals surface area contributed by atoms with Gasteiger partial charge in [-0.2, -0.15) is 0 Å². The number of hydrogen-bond acceptors (Lipinski definition) is 3. The van der Waals surface area contributed by atoms with Crippen LogP contribution < -0.4 is 0 Å². The molecule has 128 valence electrons. The summed E-state index contributed by atoms with van der Waals surface area (Å²) < 4.78 is 2.08. The summed E-state index contributed by atoms with van der Waals surface area (Å²) in [5.41, 5.74) is -0.539. The third-order valence-electron chi connectivity index (χ3n) is 6.01. The van der Waals surface area contributed by atoms with Crippen LogP contribution in [-0.2, 0) is 11.3 Å². The van der Waals surface area contributed by atoms with Gasteiger partial charge >= 0.3 is 0 Å². The van der Waals surface area contributed by atoms with Crippen LogP contribution in [0.4, 0.5) is 0 Å². The standard InChI is InChI=1S/C18H29N3O2/c1-14-13-21(11-8-18(14,23)16-5-3-6-16)17(22)7-4-10-20-12-9-19-15(20)2/h9,12,14,16,23H,3-8,10-11,13H2,1-2H3/t14-,18+/m1/s1. The third kappa shape index (κ3) is 3.30. The van der Waals surface area contributed by atoms with Crippen molar-refractivity contribution < 1.29 is 9.90 Å². The molecule has 1 aromatic rings. The molecular weight excluding hydrogens is 290 g/mol. The molecule has 1 amide bonds. The normalized spacial score (nSPS) is 28.7. The SMILES string of the molecule is Cc1nccn1CCCC(=O)N1CC[C@@](O)(C2CCC2)[C@H](C)C1. The van der Waals surface area contributed by atoms with Crippen LogP contribution in [0.15, 0.2) is 12.4 Å². The summed E-state index contributed by atoms with van der Waals surface area (Å²) in [6.45, 7) is 6.34. The molecule has 2 fully saturated rings. The minimum atomic E-state index is -0.539. The first kappa shape index (κ1) is 16.5. The van der Waals surface area contributed by atoms with E-state index in [1.807, 2.05) is 18.0 Å². The minimum Gasteiger partial charge on any atom is -0.389 e. The van der Waals surface area contributed by atoms with Gasteiger partial charge in [0.05, 0.1) is 5.60 Å². The molecule has 1 aliphatic carbocycles. The summed E-state index contributed by atoms with van der Waals surface area (Å²) in [5, 5.41) is 10.9. The number of hydrogen-bond donors (Lipinski definition) is 1. The maximum Gasteiger partial charge on any atom is 0.222 e. The van der Waals surface area contributed by atoms with Crippen LogP contribution in [0.1, 0.15) is 51.3 Å². The Balaban J connectivity index is 1.46. The second-order valence-corrected chi connectivity index (χ2v) is 7.38. The number of aliphatic hydroxyl groups is 1. The number of piperidine rings is 1.